The second kappa shape index (κ2) is 6.45. The molecule has 4 nitrogen and oxygen atoms in total. The molecule has 1 rings (SSSR count). The third-order valence-electron chi connectivity index (χ3n) is 2.34. The van der Waals surface area contributed by atoms with Gasteiger partial charge in [-0.25, -0.2) is 4.79 Å². The number of anilines is 1. The van der Waals surface area contributed by atoms with Gasteiger partial charge in [0.1, 0.15) is 6.07 Å². The van der Waals surface area contributed by atoms with Crippen LogP contribution in [0.3, 0.4) is 0 Å². The van der Waals surface area contributed by atoms with Crippen molar-refractivity contribution in [3.63, 3.8) is 0 Å². The fourth-order valence-corrected chi connectivity index (χ4v) is 1.43. The van der Waals surface area contributed by atoms with Gasteiger partial charge >= 0.3 is 5.97 Å². The minimum absolute atomic E-state index is 0.297. The first kappa shape index (κ1) is 13.8. The fraction of sp³-hybridized carbons (Fsp3) is 0.286. The zero-order valence-electron chi connectivity index (χ0n) is 10.8. The fourth-order valence-electron chi connectivity index (χ4n) is 1.43. The van der Waals surface area contributed by atoms with E-state index in [1.54, 1.807) is 13.0 Å². The second-order valence-electron chi connectivity index (χ2n) is 3.87. The van der Waals surface area contributed by atoms with Crippen LogP contribution in [0.4, 0.5) is 5.69 Å². The number of hydrogen-bond donors (Lipinski definition) is 0. The van der Waals surface area contributed by atoms with E-state index in [2.05, 4.69) is 0 Å². The Labute approximate surface area is 107 Å². The summed E-state index contributed by atoms with van der Waals surface area (Å²) >= 11 is 0. The molecule has 0 aliphatic rings. The Bertz CT molecular complexity index is 499. The number of allylic oxidation sites excluding steroid dienone is 1. The standard InChI is InChI=1S/C14H16N2O2/c1-4-18-14(17)9-12(10-15)11-6-5-7-13(8-11)16(2)3/h5-9H,4H2,1-3H3. The Morgan fingerprint density at radius 1 is 1.50 bits per heavy atom. The molecule has 0 unspecified atom stereocenters. The van der Waals surface area contributed by atoms with E-state index >= 15 is 0 Å². The van der Waals surface area contributed by atoms with Crippen LogP contribution < -0.4 is 4.90 Å². The van der Waals surface area contributed by atoms with Crippen LogP contribution in [0.25, 0.3) is 5.57 Å². The molecule has 1 aromatic carbocycles. The maximum atomic E-state index is 11.3. The van der Waals surface area contributed by atoms with Gasteiger partial charge in [0.25, 0.3) is 0 Å². The summed E-state index contributed by atoms with van der Waals surface area (Å²) in [6, 6.07) is 9.45. The van der Waals surface area contributed by atoms with Crippen molar-refractivity contribution in [3.05, 3.63) is 35.9 Å². The average molecular weight is 244 g/mol. The lowest BCUT2D eigenvalue weighted by Crippen LogP contribution is -2.08. The highest BCUT2D eigenvalue weighted by Crippen LogP contribution is 2.19. The van der Waals surface area contributed by atoms with E-state index in [1.165, 1.54) is 6.08 Å². The van der Waals surface area contributed by atoms with E-state index in [9.17, 15) is 4.79 Å². The first-order valence-corrected chi connectivity index (χ1v) is 5.64. The van der Waals surface area contributed by atoms with Crippen molar-refractivity contribution in [3.8, 4) is 6.07 Å². The zero-order chi connectivity index (χ0) is 13.5. The van der Waals surface area contributed by atoms with Crippen LogP contribution in [0.1, 0.15) is 12.5 Å². The highest BCUT2D eigenvalue weighted by atomic mass is 16.5. The van der Waals surface area contributed by atoms with E-state index in [0.717, 1.165) is 5.69 Å². The van der Waals surface area contributed by atoms with Crippen LogP contribution in [0.5, 0.6) is 0 Å². The number of rotatable bonds is 4. The summed E-state index contributed by atoms with van der Waals surface area (Å²) in [4.78, 5) is 13.3. The van der Waals surface area contributed by atoms with Crippen LogP contribution in [-0.4, -0.2) is 26.7 Å². The topological polar surface area (TPSA) is 53.3 Å². The first-order chi connectivity index (χ1) is 8.58. The van der Waals surface area contributed by atoms with Gasteiger partial charge in [0.05, 0.1) is 12.2 Å². The molecule has 0 heterocycles. The molecule has 1 aromatic rings. The smallest absolute Gasteiger partial charge is 0.332 e. The Morgan fingerprint density at radius 2 is 2.22 bits per heavy atom. The number of nitriles is 1. The molecule has 0 radical (unpaired) electrons. The molecule has 0 spiro atoms. The largest absolute Gasteiger partial charge is 0.463 e. The minimum atomic E-state index is -0.496. The zero-order valence-corrected chi connectivity index (χ0v) is 10.8. The molecule has 0 saturated heterocycles. The van der Waals surface area contributed by atoms with Gasteiger partial charge in [0.2, 0.25) is 0 Å². The molecule has 0 atom stereocenters. The van der Waals surface area contributed by atoms with E-state index in [0.29, 0.717) is 17.7 Å². The molecule has 0 saturated carbocycles. The molecular formula is C14H16N2O2. The van der Waals surface area contributed by atoms with Crippen molar-refractivity contribution in [2.75, 3.05) is 25.6 Å². The van der Waals surface area contributed by atoms with Gasteiger partial charge in [-0.05, 0) is 24.6 Å². The molecular weight excluding hydrogens is 228 g/mol. The summed E-state index contributed by atoms with van der Waals surface area (Å²) < 4.78 is 4.80. The lowest BCUT2D eigenvalue weighted by atomic mass is 10.1. The SMILES string of the molecule is CCOC(=O)C=C(C#N)c1cccc(N(C)C)c1. The van der Waals surface area contributed by atoms with Crippen LogP contribution in [0.2, 0.25) is 0 Å². The Kier molecular flexibility index (Phi) is 4.94. The van der Waals surface area contributed by atoms with Gasteiger partial charge in [-0.2, -0.15) is 5.26 Å². The van der Waals surface area contributed by atoms with Crippen molar-refractivity contribution in [2.24, 2.45) is 0 Å². The number of hydrogen-bond acceptors (Lipinski definition) is 4. The summed E-state index contributed by atoms with van der Waals surface area (Å²) in [6.45, 7) is 2.02. The summed E-state index contributed by atoms with van der Waals surface area (Å²) in [5, 5.41) is 9.09. The lowest BCUT2D eigenvalue weighted by molar-refractivity contribution is -0.137. The maximum Gasteiger partial charge on any atom is 0.332 e. The normalized spacial score (nSPS) is 10.7. The monoisotopic (exact) mass is 244 g/mol. The van der Waals surface area contributed by atoms with Crippen molar-refractivity contribution in [1.29, 1.82) is 5.26 Å². The lowest BCUT2D eigenvalue weighted by Gasteiger charge is -2.13. The van der Waals surface area contributed by atoms with Crippen LogP contribution in [0.15, 0.2) is 30.3 Å². The van der Waals surface area contributed by atoms with Crippen LogP contribution >= 0.6 is 0 Å². The molecule has 0 N–H and O–H groups in total. The number of ether oxygens (including phenoxy) is 1. The first-order valence-electron chi connectivity index (χ1n) is 5.64. The van der Waals surface area contributed by atoms with Crippen LogP contribution in [0, 0.1) is 11.3 Å². The second-order valence-corrected chi connectivity index (χ2v) is 3.87. The average Bonchev–Trinajstić information content (AvgIpc) is 2.36. The molecule has 0 aliphatic heterocycles. The number of nitrogens with zero attached hydrogens (tertiary/aromatic N) is 2. The third-order valence-corrected chi connectivity index (χ3v) is 2.34. The highest BCUT2D eigenvalue weighted by Gasteiger charge is 2.06. The van der Waals surface area contributed by atoms with E-state index < -0.39 is 5.97 Å². The molecule has 18 heavy (non-hydrogen) atoms. The maximum absolute atomic E-state index is 11.3. The molecule has 0 aliphatic carbocycles. The molecule has 0 fully saturated rings. The minimum Gasteiger partial charge on any atom is -0.463 e. The Hall–Kier alpha value is -2.28. The molecule has 0 aromatic heterocycles. The van der Waals surface area contributed by atoms with Crippen molar-refractivity contribution >= 4 is 17.2 Å². The number of carbonyl (C=O) groups is 1. The number of benzene rings is 1. The summed E-state index contributed by atoms with van der Waals surface area (Å²) in [7, 11) is 3.83. The summed E-state index contributed by atoms with van der Waals surface area (Å²) in [6.07, 6.45) is 1.22. The predicted octanol–water partition coefficient (Wildman–Crippen LogP) is 2.22. The van der Waals surface area contributed by atoms with Gasteiger partial charge in [0.15, 0.2) is 0 Å². The van der Waals surface area contributed by atoms with Crippen molar-refractivity contribution < 1.29 is 9.53 Å². The van der Waals surface area contributed by atoms with Crippen LogP contribution in [-0.2, 0) is 9.53 Å². The molecule has 0 bridgehead atoms. The van der Waals surface area contributed by atoms with Gasteiger partial charge < -0.3 is 9.64 Å². The van der Waals surface area contributed by atoms with Gasteiger partial charge in [-0.3, -0.25) is 0 Å². The van der Waals surface area contributed by atoms with Crippen molar-refractivity contribution in [1.82, 2.24) is 0 Å². The van der Waals surface area contributed by atoms with Gasteiger partial charge in [-0.15, -0.1) is 0 Å². The Balaban J connectivity index is 3.06. The van der Waals surface area contributed by atoms with Crippen molar-refractivity contribution in [2.45, 2.75) is 6.92 Å². The predicted molar refractivity (Wildman–Crippen MR) is 71.0 cm³/mol. The highest BCUT2D eigenvalue weighted by molar-refractivity contribution is 5.95. The van der Waals surface area contributed by atoms with E-state index in [-0.39, 0.29) is 0 Å². The summed E-state index contributed by atoms with van der Waals surface area (Å²) in [5.41, 5.74) is 1.98. The molecule has 94 valence electrons. The third kappa shape index (κ3) is 3.63. The molecule has 0 amide bonds. The van der Waals surface area contributed by atoms with E-state index in [4.69, 9.17) is 10.00 Å². The van der Waals surface area contributed by atoms with Gasteiger partial charge in [-0.1, -0.05) is 12.1 Å². The number of carbonyl (C=O) groups excluding carboxylic acids is 1. The van der Waals surface area contributed by atoms with E-state index in [1.807, 2.05) is 43.3 Å². The summed E-state index contributed by atoms with van der Waals surface area (Å²) in [5.74, 6) is -0.496. The quantitative estimate of drug-likeness (QED) is 0.463. The Morgan fingerprint density at radius 3 is 2.78 bits per heavy atom. The molecule has 4 heteroatoms. The number of esters is 1. The van der Waals surface area contributed by atoms with Gasteiger partial charge in [0, 0.05) is 25.9 Å².